The third kappa shape index (κ3) is 2.82. The van der Waals surface area contributed by atoms with Crippen LogP contribution in [0.3, 0.4) is 0 Å². The van der Waals surface area contributed by atoms with E-state index in [-0.39, 0.29) is 5.78 Å². The van der Waals surface area contributed by atoms with Crippen LogP contribution in [0.2, 0.25) is 0 Å². The lowest BCUT2D eigenvalue weighted by atomic mass is 9.98. The molecule has 0 aromatic heterocycles. The first kappa shape index (κ1) is 11.6. The third-order valence-corrected chi connectivity index (χ3v) is 2.95. The van der Waals surface area contributed by atoms with E-state index in [4.69, 9.17) is 0 Å². The highest BCUT2D eigenvalue weighted by atomic mass is 16.1. The Bertz CT molecular complexity index is 526. The summed E-state index contributed by atoms with van der Waals surface area (Å²) in [5.74, 6) is 0.180. The lowest BCUT2D eigenvalue weighted by Crippen LogP contribution is -2.04. The van der Waals surface area contributed by atoms with Gasteiger partial charge in [-0.15, -0.1) is 0 Å². The Morgan fingerprint density at radius 1 is 1.00 bits per heavy atom. The Kier molecular flexibility index (Phi) is 3.38. The Morgan fingerprint density at radius 3 is 2.41 bits per heavy atom. The maximum absolute atomic E-state index is 12.1. The first-order valence-electron chi connectivity index (χ1n) is 5.81. The summed E-state index contributed by atoms with van der Waals surface area (Å²) in [6.07, 6.45) is 0.484. The van der Waals surface area contributed by atoms with Gasteiger partial charge in [0.1, 0.15) is 0 Å². The zero-order valence-corrected chi connectivity index (χ0v) is 10.2. The number of hydrogen-bond donors (Lipinski definition) is 0. The largest absolute Gasteiger partial charge is 0.294 e. The molecule has 0 N–H and O–H groups in total. The molecule has 17 heavy (non-hydrogen) atoms. The molecule has 0 saturated heterocycles. The van der Waals surface area contributed by atoms with Crippen molar-refractivity contribution >= 4 is 5.78 Å². The molecule has 0 atom stereocenters. The van der Waals surface area contributed by atoms with Crippen LogP contribution in [0.1, 0.15) is 27.0 Å². The van der Waals surface area contributed by atoms with Gasteiger partial charge in [-0.05, 0) is 25.0 Å². The first-order chi connectivity index (χ1) is 8.16. The number of benzene rings is 2. The van der Waals surface area contributed by atoms with Crippen molar-refractivity contribution in [1.82, 2.24) is 0 Å². The van der Waals surface area contributed by atoms with E-state index >= 15 is 0 Å². The Balaban J connectivity index is 2.22. The van der Waals surface area contributed by atoms with E-state index in [1.165, 1.54) is 11.1 Å². The van der Waals surface area contributed by atoms with Gasteiger partial charge in [-0.3, -0.25) is 4.79 Å². The van der Waals surface area contributed by atoms with E-state index in [1.807, 2.05) is 37.3 Å². The van der Waals surface area contributed by atoms with E-state index in [9.17, 15) is 4.79 Å². The lowest BCUT2D eigenvalue weighted by molar-refractivity contribution is 0.0993. The van der Waals surface area contributed by atoms with Gasteiger partial charge in [0.2, 0.25) is 0 Å². The van der Waals surface area contributed by atoms with Crippen LogP contribution in [0.5, 0.6) is 0 Å². The van der Waals surface area contributed by atoms with Crippen molar-refractivity contribution in [1.29, 1.82) is 0 Å². The molecule has 0 amide bonds. The monoisotopic (exact) mass is 224 g/mol. The van der Waals surface area contributed by atoms with Gasteiger partial charge in [-0.1, -0.05) is 54.1 Å². The van der Waals surface area contributed by atoms with Crippen molar-refractivity contribution in [2.45, 2.75) is 20.3 Å². The van der Waals surface area contributed by atoms with Crippen LogP contribution >= 0.6 is 0 Å². The number of Topliss-reactive ketones (excluding diaryl/α,β-unsaturated/α-hetero) is 1. The molecule has 0 bridgehead atoms. The highest BCUT2D eigenvalue weighted by molar-refractivity contribution is 5.97. The summed E-state index contributed by atoms with van der Waals surface area (Å²) in [6.45, 7) is 4.10. The van der Waals surface area contributed by atoms with Crippen LogP contribution in [0, 0.1) is 13.8 Å². The second-order valence-corrected chi connectivity index (χ2v) is 4.40. The zero-order valence-electron chi connectivity index (χ0n) is 10.2. The maximum Gasteiger partial charge on any atom is 0.167 e. The van der Waals surface area contributed by atoms with Crippen molar-refractivity contribution in [3.8, 4) is 0 Å². The summed E-state index contributed by atoms with van der Waals surface area (Å²) in [5, 5.41) is 0. The molecule has 2 aromatic rings. The van der Waals surface area contributed by atoms with E-state index in [1.54, 1.807) is 0 Å². The molecule has 2 rings (SSSR count). The fourth-order valence-corrected chi connectivity index (χ4v) is 1.89. The molecule has 0 saturated carbocycles. The van der Waals surface area contributed by atoms with Crippen LogP contribution < -0.4 is 0 Å². The van der Waals surface area contributed by atoms with E-state index in [0.717, 1.165) is 11.1 Å². The normalized spacial score (nSPS) is 10.2. The van der Waals surface area contributed by atoms with Gasteiger partial charge in [-0.2, -0.15) is 0 Å². The molecule has 86 valence electrons. The summed E-state index contributed by atoms with van der Waals surface area (Å²) in [6, 6.07) is 15.7. The van der Waals surface area contributed by atoms with E-state index < -0.39 is 0 Å². The number of ketones is 1. The van der Waals surface area contributed by atoms with Crippen LogP contribution in [-0.2, 0) is 6.42 Å². The molecule has 1 nitrogen and oxygen atoms in total. The molecule has 0 aliphatic carbocycles. The molecular weight excluding hydrogens is 208 g/mol. The third-order valence-electron chi connectivity index (χ3n) is 2.95. The topological polar surface area (TPSA) is 17.1 Å². The van der Waals surface area contributed by atoms with E-state index in [0.29, 0.717) is 6.42 Å². The van der Waals surface area contributed by atoms with Gasteiger partial charge < -0.3 is 0 Å². The van der Waals surface area contributed by atoms with Crippen LogP contribution in [-0.4, -0.2) is 5.78 Å². The van der Waals surface area contributed by atoms with Crippen molar-refractivity contribution < 1.29 is 4.79 Å². The lowest BCUT2D eigenvalue weighted by Gasteiger charge is -2.06. The Labute approximate surface area is 102 Å². The smallest absolute Gasteiger partial charge is 0.167 e. The number of hydrogen-bond acceptors (Lipinski definition) is 1. The molecule has 0 spiro atoms. The molecule has 1 heteroatoms. The molecule has 0 fully saturated rings. The van der Waals surface area contributed by atoms with E-state index in [2.05, 4.69) is 25.1 Å². The molecule has 0 aliphatic rings. The van der Waals surface area contributed by atoms with Gasteiger partial charge in [0, 0.05) is 12.0 Å². The second-order valence-electron chi connectivity index (χ2n) is 4.40. The fourth-order valence-electron chi connectivity index (χ4n) is 1.89. The number of carbonyl (C=O) groups excluding carboxylic acids is 1. The predicted octanol–water partition coefficient (Wildman–Crippen LogP) is 3.73. The minimum Gasteiger partial charge on any atom is -0.294 e. The molecular formula is C16H16O. The molecule has 2 aromatic carbocycles. The minimum absolute atomic E-state index is 0.180. The van der Waals surface area contributed by atoms with Gasteiger partial charge in [0.15, 0.2) is 5.78 Å². The first-order valence-corrected chi connectivity index (χ1v) is 5.81. The number of carbonyl (C=O) groups is 1. The number of rotatable bonds is 3. The fraction of sp³-hybridized carbons (Fsp3) is 0.188. The van der Waals surface area contributed by atoms with Gasteiger partial charge >= 0.3 is 0 Å². The summed E-state index contributed by atoms with van der Waals surface area (Å²) >= 11 is 0. The average molecular weight is 224 g/mol. The van der Waals surface area contributed by atoms with Gasteiger partial charge in [-0.25, -0.2) is 0 Å². The SMILES string of the molecule is Cc1ccc(C)c(CC(=O)c2ccccc2)c1. The Hall–Kier alpha value is -1.89. The predicted molar refractivity (Wildman–Crippen MR) is 70.4 cm³/mol. The summed E-state index contributed by atoms with van der Waals surface area (Å²) in [4.78, 5) is 12.1. The average Bonchev–Trinajstić information content (AvgIpc) is 2.35. The van der Waals surface area contributed by atoms with Crippen molar-refractivity contribution in [3.63, 3.8) is 0 Å². The molecule has 0 radical (unpaired) electrons. The number of aryl methyl sites for hydroxylation is 2. The highest BCUT2D eigenvalue weighted by Gasteiger charge is 2.08. The molecule has 0 aliphatic heterocycles. The summed E-state index contributed by atoms with van der Waals surface area (Å²) < 4.78 is 0. The quantitative estimate of drug-likeness (QED) is 0.726. The second kappa shape index (κ2) is 4.96. The summed E-state index contributed by atoms with van der Waals surface area (Å²) in [7, 11) is 0. The molecule has 0 heterocycles. The van der Waals surface area contributed by atoms with Gasteiger partial charge in [0.05, 0.1) is 0 Å². The van der Waals surface area contributed by atoms with Gasteiger partial charge in [0.25, 0.3) is 0 Å². The highest BCUT2D eigenvalue weighted by Crippen LogP contribution is 2.14. The summed E-state index contributed by atoms with van der Waals surface area (Å²) in [5.41, 5.74) is 4.29. The van der Waals surface area contributed by atoms with Crippen molar-refractivity contribution in [2.24, 2.45) is 0 Å². The minimum atomic E-state index is 0.180. The van der Waals surface area contributed by atoms with Crippen molar-refractivity contribution in [3.05, 3.63) is 70.8 Å². The van der Waals surface area contributed by atoms with Crippen LogP contribution in [0.4, 0.5) is 0 Å². The maximum atomic E-state index is 12.1. The Morgan fingerprint density at radius 2 is 1.71 bits per heavy atom. The van der Waals surface area contributed by atoms with Crippen LogP contribution in [0.15, 0.2) is 48.5 Å². The molecule has 0 unspecified atom stereocenters. The van der Waals surface area contributed by atoms with Crippen molar-refractivity contribution in [2.75, 3.05) is 0 Å². The van der Waals surface area contributed by atoms with Crippen LogP contribution in [0.25, 0.3) is 0 Å². The standard InChI is InChI=1S/C16H16O/c1-12-8-9-13(2)15(10-12)11-16(17)14-6-4-3-5-7-14/h3-10H,11H2,1-2H3. The zero-order chi connectivity index (χ0) is 12.3.